The first-order valence-electron chi connectivity index (χ1n) is 5.70. The highest BCUT2D eigenvalue weighted by molar-refractivity contribution is 4.99. The molecule has 1 aromatic heterocycles. The number of rotatable bonds is 2. The van der Waals surface area contributed by atoms with Crippen LogP contribution in [0.5, 0.6) is 0 Å². The summed E-state index contributed by atoms with van der Waals surface area (Å²) < 4.78 is 0. The molecule has 0 spiro atoms. The van der Waals surface area contributed by atoms with E-state index >= 15 is 0 Å². The summed E-state index contributed by atoms with van der Waals surface area (Å²) in [5, 5.41) is 20.4. The summed E-state index contributed by atoms with van der Waals surface area (Å²) >= 11 is 0. The lowest BCUT2D eigenvalue weighted by Gasteiger charge is -2.33. The summed E-state index contributed by atoms with van der Waals surface area (Å²) in [5.41, 5.74) is 0.682. The van der Waals surface area contributed by atoms with E-state index in [2.05, 4.69) is 29.3 Å². The molecule has 1 aliphatic rings. The van der Waals surface area contributed by atoms with Gasteiger partial charge >= 0.3 is 0 Å². The summed E-state index contributed by atoms with van der Waals surface area (Å²) in [7, 11) is 0. The molecule has 0 bridgehead atoms. The first kappa shape index (κ1) is 10.6. The van der Waals surface area contributed by atoms with Crippen LogP contribution in [0.15, 0.2) is 6.20 Å². The number of aromatic amines is 1. The van der Waals surface area contributed by atoms with Crippen LogP contribution in [-0.2, 0) is 0 Å². The lowest BCUT2D eigenvalue weighted by Crippen LogP contribution is -2.24. The van der Waals surface area contributed by atoms with Gasteiger partial charge in [0.15, 0.2) is 0 Å². The van der Waals surface area contributed by atoms with Crippen molar-refractivity contribution >= 4 is 0 Å². The average Bonchev–Trinajstić information content (AvgIpc) is 2.67. The van der Waals surface area contributed by atoms with Gasteiger partial charge in [-0.05, 0) is 37.0 Å². The van der Waals surface area contributed by atoms with E-state index in [4.69, 9.17) is 0 Å². The summed E-state index contributed by atoms with van der Waals surface area (Å²) in [6.45, 7) is 4.52. The van der Waals surface area contributed by atoms with Gasteiger partial charge in [0.05, 0.1) is 6.20 Å². The van der Waals surface area contributed by atoms with E-state index in [1.54, 1.807) is 6.20 Å². The van der Waals surface area contributed by atoms with Crippen molar-refractivity contribution < 1.29 is 5.11 Å². The SMILES string of the molecule is CC1CC(C)CC(C(O)c2cn[nH]n2)C1. The molecule has 15 heavy (non-hydrogen) atoms. The van der Waals surface area contributed by atoms with Gasteiger partial charge in [-0.25, -0.2) is 0 Å². The van der Waals surface area contributed by atoms with Crippen molar-refractivity contribution in [3.63, 3.8) is 0 Å². The summed E-state index contributed by atoms with van der Waals surface area (Å²) in [5.74, 6) is 1.76. The van der Waals surface area contributed by atoms with Gasteiger partial charge in [-0.1, -0.05) is 13.8 Å². The highest BCUT2D eigenvalue weighted by atomic mass is 16.3. The molecule has 4 nitrogen and oxygen atoms in total. The van der Waals surface area contributed by atoms with Crippen LogP contribution in [0.4, 0.5) is 0 Å². The fourth-order valence-corrected chi connectivity index (χ4v) is 2.86. The van der Waals surface area contributed by atoms with Crippen LogP contribution in [0, 0.1) is 17.8 Å². The van der Waals surface area contributed by atoms with E-state index < -0.39 is 6.10 Å². The Bertz CT molecular complexity index is 289. The topological polar surface area (TPSA) is 61.8 Å². The number of hydrogen-bond acceptors (Lipinski definition) is 3. The first-order chi connectivity index (χ1) is 7.16. The second kappa shape index (κ2) is 4.31. The molecule has 1 saturated carbocycles. The normalized spacial score (nSPS) is 33.9. The van der Waals surface area contributed by atoms with Crippen molar-refractivity contribution in [2.75, 3.05) is 0 Å². The molecule has 2 rings (SSSR count). The third-order valence-corrected chi connectivity index (χ3v) is 3.40. The standard InChI is InChI=1S/C11H19N3O/c1-7-3-8(2)5-9(4-7)11(15)10-6-12-14-13-10/h6-9,11,15H,3-5H2,1-2H3,(H,12,13,14). The number of aliphatic hydroxyl groups excluding tert-OH is 1. The second-order valence-electron chi connectivity index (χ2n) is 5.02. The number of aliphatic hydroxyl groups is 1. The Morgan fingerprint density at radius 1 is 1.33 bits per heavy atom. The number of nitrogens with one attached hydrogen (secondary N) is 1. The molecular weight excluding hydrogens is 190 g/mol. The Morgan fingerprint density at radius 3 is 2.53 bits per heavy atom. The monoisotopic (exact) mass is 209 g/mol. The van der Waals surface area contributed by atoms with Gasteiger partial charge in [0.25, 0.3) is 0 Å². The van der Waals surface area contributed by atoms with Crippen molar-refractivity contribution in [2.45, 2.75) is 39.2 Å². The Balaban J connectivity index is 2.03. The van der Waals surface area contributed by atoms with Crippen LogP contribution in [0.2, 0.25) is 0 Å². The van der Waals surface area contributed by atoms with Crippen molar-refractivity contribution in [1.82, 2.24) is 15.4 Å². The summed E-state index contributed by atoms with van der Waals surface area (Å²) in [6, 6.07) is 0. The van der Waals surface area contributed by atoms with Crippen molar-refractivity contribution in [2.24, 2.45) is 17.8 Å². The fraction of sp³-hybridized carbons (Fsp3) is 0.818. The predicted molar refractivity (Wildman–Crippen MR) is 57.0 cm³/mol. The molecule has 84 valence electrons. The molecule has 1 fully saturated rings. The molecule has 0 amide bonds. The maximum atomic E-state index is 10.1. The van der Waals surface area contributed by atoms with Crippen LogP contribution >= 0.6 is 0 Å². The van der Waals surface area contributed by atoms with Gasteiger partial charge in [-0.2, -0.15) is 15.4 Å². The van der Waals surface area contributed by atoms with Gasteiger partial charge in [0.2, 0.25) is 0 Å². The van der Waals surface area contributed by atoms with E-state index in [9.17, 15) is 5.11 Å². The summed E-state index contributed by atoms with van der Waals surface area (Å²) in [6.07, 6.45) is 4.64. The fourth-order valence-electron chi connectivity index (χ4n) is 2.86. The van der Waals surface area contributed by atoms with E-state index in [0.717, 1.165) is 12.8 Å². The Hall–Kier alpha value is -0.900. The third-order valence-electron chi connectivity index (χ3n) is 3.40. The molecule has 0 aromatic carbocycles. The Morgan fingerprint density at radius 2 is 2.00 bits per heavy atom. The van der Waals surface area contributed by atoms with Crippen molar-refractivity contribution in [1.29, 1.82) is 0 Å². The van der Waals surface area contributed by atoms with Gasteiger partial charge < -0.3 is 5.11 Å². The van der Waals surface area contributed by atoms with E-state index in [0.29, 0.717) is 23.4 Å². The van der Waals surface area contributed by atoms with Crippen LogP contribution in [0.3, 0.4) is 0 Å². The molecule has 4 heteroatoms. The number of aromatic nitrogens is 3. The van der Waals surface area contributed by atoms with Crippen molar-refractivity contribution in [3.8, 4) is 0 Å². The first-order valence-corrected chi connectivity index (χ1v) is 5.70. The van der Waals surface area contributed by atoms with Crippen LogP contribution in [-0.4, -0.2) is 20.5 Å². The maximum absolute atomic E-state index is 10.1. The Labute approximate surface area is 90.1 Å². The number of nitrogens with zero attached hydrogens (tertiary/aromatic N) is 2. The minimum absolute atomic E-state index is 0.342. The van der Waals surface area contributed by atoms with Crippen LogP contribution < -0.4 is 0 Å². The molecule has 0 saturated heterocycles. The molecule has 0 radical (unpaired) electrons. The smallest absolute Gasteiger partial charge is 0.111 e. The zero-order valence-electron chi connectivity index (χ0n) is 9.35. The highest BCUT2D eigenvalue weighted by Gasteiger charge is 2.30. The van der Waals surface area contributed by atoms with Crippen molar-refractivity contribution in [3.05, 3.63) is 11.9 Å². The second-order valence-corrected chi connectivity index (χ2v) is 5.02. The van der Waals surface area contributed by atoms with E-state index in [1.807, 2.05) is 0 Å². The largest absolute Gasteiger partial charge is 0.386 e. The molecule has 0 aliphatic heterocycles. The molecule has 3 unspecified atom stereocenters. The predicted octanol–water partition coefficient (Wildman–Crippen LogP) is 1.91. The van der Waals surface area contributed by atoms with Crippen LogP contribution in [0.1, 0.15) is 44.9 Å². The molecular formula is C11H19N3O. The van der Waals surface area contributed by atoms with Gasteiger partial charge in [0.1, 0.15) is 11.8 Å². The lowest BCUT2D eigenvalue weighted by atomic mass is 9.74. The van der Waals surface area contributed by atoms with Gasteiger partial charge in [-0.3, -0.25) is 0 Å². The quantitative estimate of drug-likeness (QED) is 0.782. The molecule has 1 heterocycles. The number of hydrogen-bond donors (Lipinski definition) is 2. The van der Waals surface area contributed by atoms with Crippen LogP contribution in [0.25, 0.3) is 0 Å². The minimum atomic E-state index is -0.450. The highest BCUT2D eigenvalue weighted by Crippen LogP contribution is 2.38. The van der Waals surface area contributed by atoms with E-state index in [1.165, 1.54) is 6.42 Å². The summed E-state index contributed by atoms with van der Waals surface area (Å²) in [4.78, 5) is 0. The Kier molecular flexibility index (Phi) is 3.05. The number of H-pyrrole nitrogens is 1. The molecule has 3 atom stereocenters. The molecule has 2 N–H and O–H groups in total. The van der Waals surface area contributed by atoms with Gasteiger partial charge in [0, 0.05) is 0 Å². The average molecular weight is 209 g/mol. The van der Waals surface area contributed by atoms with Gasteiger partial charge in [-0.15, -0.1) is 0 Å². The minimum Gasteiger partial charge on any atom is -0.386 e. The zero-order valence-corrected chi connectivity index (χ0v) is 9.35. The zero-order chi connectivity index (χ0) is 10.8. The molecule has 1 aromatic rings. The molecule has 1 aliphatic carbocycles. The maximum Gasteiger partial charge on any atom is 0.111 e. The third kappa shape index (κ3) is 2.37. The van der Waals surface area contributed by atoms with E-state index in [-0.39, 0.29) is 0 Å². The lowest BCUT2D eigenvalue weighted by molar-refractivity contribution is 0.0521.